The van der Waals surface area contributed by atoms with Crippen molar-refractivity contribution in [2.45, 2.75) is 59.9 Å². The van der Waals surface area contributed by atoms with Gasteiger partial charge in [0.25, 0.3) is 0 Å². The summed E-state index contributed by atoms with van der Waals surface area (Å²) in [5.74, 6) is 6.64. The zero-order chi connectivity index (χ0) is 11.2. The first-order chi connectivity index (χ1) is 6.38. The highest BCUT2D eigenvalue weighted by molar-refractivity contribution is 4.95. The number of hydrogen-bond donors (Lipinski definition) is 1. The van der Waals surface area contributed by atoms with E-state index in [0.717, 1.165) is 19.3 Å². The molecule has 0 fully saturated rings. The number of rotatable bonds is 4. The summed E-state index contributed by atoms with van der Waals surface area (Å²) in [4.78, 5) is 0. The molecule has 2 unspecified atom stereocenters. The number of nitrogens with two attached hydrogens (primary N) is 1. The Balaban J connectivity index is 3.80. The Kier molecular flexibility index (Phi) is 5.88. The topological polar surface area (TPSA) is 26.0 Å². The summed E-state index contributed by atoms with van der Waals surface area (Å²) in [7, 11) is 0. The average molecular weight is 195 g/mol. The Hall–Kier alpha value is -0.480. The van der Waals surface area contributed by atoms with Gasteiger partial charge in [-0.3, -0.25) is 0 Å². The van der Waals surface area contributed by atoms with Crippen LogP contribution in [0.4, 0.5) is 0 Å². The van der Waals surface area contributed by atoms with Crippen LogP contribution in [-0.4, -0.2) is 6.04 Å². The van der Waals surface area contributed by atoms with Crippen molar-refractivity contribution in [1.82, 2.24) is 0 Å². The molecule has 2 N–H and O–H groups in total. The van der Waals surface area contributed by atoms with Crippen molar-refractivity contribution in [3.8, 4) is 11.8 Å². The Morgan fingerprint density at radius 2 is 1.86 bits per heavy atom. The van der Waals surface area contributed by atoms with Gasteiger partial charge in [-0.2, -0.15) is 0 Å². The van der Waals surface area contributed by atoms with Gasteiger partial charge in [0.1, 0.15) is 0 Å². The van der Waals surface area contributed by atoms with E-state index in [0.29, 0.717) is 17.4 Å². The molecule has 0 heterocycles. The maximum Gasteiger partial charge on any atom is 0.0103 e. The minimum absolute atomic E-state index is 0.310. The highest BCUT2D eigenvalue weighted by atomic mass is 14.6. The lowest BCUT2D eigenvalue weighted by molar-refractivity contribution is 0.231. The summed E-state index contributed by atoms with van der Waals surface area (Å²) in [6, 6.07) is 0.310. The summed E-state index contributed by atoms with van der Waals surface area (Å²) >= 11 is 0. The lowest BCUT2D eigenvalue weighted by atomic mass is 9.78. The van der Waals surface area contributed by atoms with Crippen LogP contribution in [0.3, 0.4) is 0 Å². The zero-order valence-corrected chi connectivity index (χ0v) is 10.4. The van der Waals surface area contributed by atoms with Crippen LogP contribution in [-0.2, 0) is 0 Å². The normalized spacial score (nSPS) is 15.6. The molecule has 14 heavy (non-hydrogen) atoms. The average Bonchev–Trinajstić information content (AvgIpc) is 2.03. The van der Waals surface area contributed by atoms with Crippen molar-refractivity contribution in [2.75, 3.05) is 0 Å². The van der Waals surface area contributed by atoms with Gasteiger partial charge in [-0.25, -0.2) is 0 Å². The molecule has 0 aliphatic rings. The first-order valence-electron chi connectivity index (χ1n) is 5.53. The third kappa shape index (κ3) is 6.05. The van der Waals surface area contributed by atoms with Crippen molar-refractivity contribution in [2.24, 2.45) is 17.1 Å². The summed E-state index contributed by atoms with van der Waals surface area (Å²) in [6.45, 7) is 11.0. The van der Waals surface area contributed by atoms with Gasteiger partial charge >= 0.3 is 0 Å². The van der Waals surface area contributed by atoms with E-state index in [1.165, 1.54) is 0 Å². The summed E-state index contributed by atoms with van der Waals surface area (Å²) in [5, 5.41) is 0. The summed E-state index contributed by atoms with van der Waals surface area (Å²) < 4.78 is 0. The molecule has 0 amide bonds. The molecule has 0 aliphatic carbocycles. The van der Waals surface area contributed by atoms with E-state index in [1.54, 1.807) is 0 Å². The second-order valence-electron chi connectivity index (χ2n) is 5.23. The molecule has 2 atom stereocenters. The van der Waals surface area contributed by atoms with Gasteiger partial charge in [0.2, 0.25) is 0 Å². The standard InChI is InChI=1S/C13H25N/c1-6-7-8-9-12(14)10-11(2)13(3,4)5/h11-12H,8-10,14H2,1-5H3. The predicted octanol–water partition coefficient (Wildman–Crippen LogP) is 3.19. The van der Waals surface area contributed by atoms with Gasteiger partial charge in [0, 0.05) is 12.5 Å². The van der Waals surface area contributed by atoms with Crippen LogP contribution in [0.5, 0.6) is 0 Å². The molecular weight excluding hydrogens is 170 g/mol. The predicted molar refractivity (Wildman–Crippen MR) is 63.9 cm³/mol. The Bertz CT molecular complexity index is 202. The van der Waals surface area contributed by atoms with Crippen LogP contribution in [0.2, 0.25) is 0 Å². The summed E-state index contributed by atoms with van der Waals surface area (Å²) in [5.41, 5.74) is 6.41. The van der Waals surface area contributed by atoms with Crippen molar-refractivity contribution in [3.63, 3.8) is 0 Å². The minimum Gasteiger partial charge on any atom is -0.328 e. The SMILES string of the molecule is CC#CCCC(N)CC(C)C(C)(C)C. The van der Waals surface area contributed by atoms with Crippen molar-refractivity contribution >= 4 is 0 Å². The van der Waals surface area contributed by atoms with Gasteiger partial charge in [0.15, 0.2) is 0 Å². The fourth-order valence-electron chi connectivity index (χ4n) is 1.31. The van der Waals surface area contributed by atoms with E-state index in [2.05, 4.69) is 39.5 Å². The Labute approximate surface area is 89.5 Å². The molecular formula is C13H25N. The highest BCUT2D eigenvalue weighted by Gasteiger charge is 2.21. The first kappa shape index (κ1) is 13.5. The van der Waals surface area contributed by atoms with Crippen molar-refractivity contribution < 1.29 is 0 Å². The fraction of sp³-hybridized carbons (Fsp3) is 0.846. The Morgan fingerprint density at radius 1 is 1.29 bits per heavy atom. The van der Waals surface area contributed by atoms with Crippen LogP contribution >= 0.6 is 0 Å². The third-order valence-corrected chi connectivity index (χ3v) is 2.95. The van der Waals surface area contributed by atoms with Crippen LogP contribution in [0, 0.1) is 23.2 Å². The van der Waals surface area contributed by atoms with Crippen LogP contribution < -0.4 is 5.73 Å². The van der Waals surface area contributed by atoms with E-state index in [1.807, 2.05) is 6.92 Å². The van der Waals surface area contributed by atoms with E-state index >= 15 is 0 Å². The molecule has 0 saturated heterocycles. The first-order valence-corrected chi connectivity index (χ1v) is 5.53. The van der Waals surface area contributed by atoms with Crippen molar-refractivity contribution in [1.29, 1.82) is 0 Å². The van der Waals surface area contributed by atoms with Gasteiger partial charge in [-0.1, -0.05) is 27.7 Å². The third-order valence-electron chi connectivity index (χ3n) is 2.95. The molecule has 0 aromatic carbocycles. The van der Waals surface area contributed by atoms with E-state index < -0.39 is 0 Å². The van der Waals surface area contributed by atoms with E-state index in [4.69, 9.17) is 5.73 Å². The fourth-order valence-corrected chi connectivity index (χ4v) is 1.31. The largest absolute Gasteiger partial charge is 0.328 e. The molecule has 0 rings (SSSR count). The molecule has 1 heteroatoms. The van der Waals surface area contributed by atoms with Gasteiger partial charge in [-0.15, -0.1) is 11.8 Å². The van der Waals surface area contributed by atoms with Crippen LogP contribution in [0.1, 0.15) is 53.9 Å². The maximum atomic E-state index is 6.04. The highest BCUT2D eigenvalue weighted by Crippen LogP contribution is 2.29. The zero-order valence-electron chi connectivity index (χ0n) is 10.4. The molecule has 0 aromatic rings. The number of hydrogen-bond acceptors (Lipinski definition) is 1. The second-order valence-corrected chi connectivity index (χ2v) is 5.23. The molecule has 0 aromatic heterocycles. The second kappa shape index (κ2) is 6.09. The van der Waals surface area contributed by atoms with Crippen molar-refractivity contribution in [3.05, 3.63) is 0 Å². The maximum absolute atomic E-state index is 6.04. The molecule has 0 spiro atoms. The molecule has 0 bridgehead atoms. The van der Waals surface area contributed by atoms with E-state index in [9.17, 15) is 0 Å². The smallest absolute Gasteiger partial charge is 0.0103 e. The molecule has 82 valence electrons. The van der Waals surface area contributed by atoms with Gasteiger partial charge < -0.3 is 5.73 Å². The molecule has 0 saturated carbocycles. The van der Waals surface area contributed by atoms with Gasteiger partial charge in [0.05, 0.1) is 0 Å². The lowest BCUT2D eigenvalue weighted by Gasteiger charge is -2.29. The molecule has 0 radical (unpaired) electrons. The summed E-state index contributed by atoms with van der Waals surface area (Å²) in [6.07, 6.45) is 3.07. The lowest BCUT2D eigenvalue weighted by Crippen LogP contribution is -2.28. The van der Waals surface area contributed by atoms with Crippen LogP contribution in [0.25, 0.3) is 0 Å². The van der Waals surface area contributed by atoms with Gasteiger partial charge in [-0.05, 0) is 31.1 Å². The monoisotopic (exact) mass is 195 g/mol. The quantitative estimate of drug-likeness (QED) is 0.685. The van der Waals surface area contributed by atoms with Crippen LogP contribution in [0.15, 0.2) is 0 Å². The molecule has 0 aliphatic heterocycles. The Morgan fingerprint density at radius 3 is 2.29 bits per heavy atom. The minimum atomic E-state index is 0.310. The van der Waals surface area contributed by atoms with E-state index in [-0.39, 0.29) is 0 Å². The molecule has 1 nitrogen and oxygen atoms in total.